The summed E-state index contributed by atoms with van der Waals surface area (Å²) in [5.74, 6) is -5.96. The van der Waals surface area contributed by atoms with Crippen molar-refractivity contribution >= 4 is 35.6 Å². The summed E-state index contributed by atoms with van der Waals surface area (Å²) in [5, 5.41) is 25.5. The zero-order chi connectivity index (χ0) is 28.7. The van der Waals surface area contributed by atoms with E-state index in [9.17, 15) is 33.9 Å². The molecule has 4 amide bonds. The van der Waals surface area contributed by atoms with Gasteiger partial charge in [-0.2, -0.15) is 0 Å². The fraction of sp³-hybridized carbons (Fsp3) is 0.500. The molecule has 210 valence electrons. The molecule has 1 aromatic carbocycles. The maximum Gasteiger partial charge on any atom is 0.326 e. The SMILES string of the molecule is NCCCCC(NC(=O)C(CC(N)=O)NC(=O)C(N)CCC(=O)O)C(=O)NC(Cc1ccccc1)C(=O)O. The number of hydrogen-bond acceptors (Lipinski definition) is 8. The first-order chi connectivity index (χ1) is 17.9. The molecule has 0 aliphatic rings. The van der Waals surface area contributed by atoms with Gasteiger partial charge < -0.3 is 43.4 Å². The maximum atomic E-state index is 13.0. The summed E-state index contributed by atoms with van der Waals surface area (Å²) < 4.78 is 0. The van der Waals surface area contributed by atoms with Gasteiger partial charge in [0.1, 0.15) is 18.1 Å². The van der Waals surface area contributed by atoms with E-state index < -0.39 is 72.6 Å². The van der Waals surface area contributed by atoms with E-state index in [1.54, 1.807) is 30.3 Å². The second-order valence-corrected chi connectivity index (χ2v) is 8.71. The number of carbonyl (C=O) groups is 6. The third kappa shape index (κ3) is 12.3. The van der Waals surface area contributed by atoms with Gasteiger partial charge in [0, 0.05) is 12.8 Å². The van der Waals surface area contributed by atoms with E-state index >= 15 is 0 Å². The first-order valence-corrected chi connectivity index (χ1v) is 12.1. The number of hydrogen-bond donors (Lipinski definition) is 8. The van der Waals surface area contributed by atoms with Crippen LogP contribution in [0.15, 0.2) is 30.3 Å². The molecule has 0 radical (unpaired) electrons. The second kappa shape index (κ2) is 16.7. The Kier molecular flexibility index (Phi) is 14.0. The maximum absolute atomic E-state index is 13.0. The first-order valence-electron chi connectivity index (χ1n) is 12.1. The van der Waals surface area contributed by atoms with Gasteiger partial charge in [0.25, 0.3) is 0 Å². The van der Waals surface area contributed by atoms with Crippen LogP contribution in [0, 0.1) is 0 Å². The Morgan fingerprint density at radius 3 is 1.92 bits per heavy atom. The van der Waals surface area contributed by atoms with Crippen molar-refractivity contribution < 1.29 is 39.0 Å². The minimum Gasteiger partial charge on any atom is -0.481 e. The van der Waals surface area contributed by atoms with Crippen molar-refractivity contribution in [1.82, 2.24) is 16.0 Å². The Hall–Kier alpha value is -4.04. The van der Waals surface area contributed by atoms with Crippen molar-refractivity contribution in [2.45, 2.75) is 69.1 Å². The average Bonchev–Trinajstić information content (AvgIpc) is 2.85. The van der Waals surface area contributed by atoms with Crippen molar-refractivity contribution in [1.29, 1.82) is 0 Å². The van der Waals surface area contributed by atoms with Crippen molar-refractivity contribution in [2.75, 3.05) is 6.54 Å². The quantitative estimate of drug-likeness (QED) is 0.0953. The van der Waals surface area contributed by atoms with E-state index in [1.165, 1.54) is 0 Å². The molecule has 4 unspecified atom stereocenters. The Morgan fingerprint density at radius 2 is 1.37 bits per heavy atom. The second-order valence-electron chi connectivity index (χ2n) is 8.71. The number of carbonyl (C=O) groups excluding carboxylic acids is 4. The van der Waals surface area contributed by atoms with Crippen molar-refractivity contribution in [3.63, 3.8) is 0 Å². The predicted octanol–water partition coefficient (Wildman–Crippen LogP) is -2.04. The van der Waals surface area contributed by atoms with E-state index in [4.69, 9.17) is 22.3 Å². The van der Waals surface area contributed by atoms with Gasteiger partial charge in [-0.15, -0.1) is 0 Å². The van der Waals surface area contributed by atoms with Crippen LogP contribution in [0.3, 0.4) is 0 Å². The minimum absolute atomic E-state index is 0.0000310. The van der Waals surface area contributed by atoms with Crippen LogP contribution >= 0.6 is 0 Å². The van der Waals surface area contributed by atoms with Gasteiger partial charge in [0.15, 0.2) is 0 Å². The van der Waals surface area contributed by atoms with Gasteiger partial charge in [-0.25, -0.2) is 4.79 Å². The van der Waals surface area contributed by atoms with Crippen LogP contribution in [0.5, 0.6) is 0 Å². The predicted molar refractivity (Wildman–Crippen MR) is 135 cm³/mol. The molecule has 14 nitrogen and oxygen atoms in total. The van der Waals surface area contributed by atoms with E-state index in [0.717, 1.165) is 0 Å². The molecule has 1 rings (SSSR count). The fourth-order valence-corrected chi connectivity index (χ4v) is 3.46. The molecule has 14 heteroatoms. The van der Waals surface area contributed by atoms with Crippen molar-refractivity contribution in [3.8, 4) is 0 Å². The molecule has 0 bridgehead atoms. The highest BCUT2D eigenvalue weighted by atomic mass is 16.4. The molecule has 4 atom stereocenters. The van der Waals surface area contributed by atoms with Crippen LogP contribution in [0.1, 0.15) is 44.1 Å². The molecule has 0 aliphatic heterocycles. The molecule has 0 heterocycles. The number of carboxylic acids is 2. The number of carboxylic acid groups (broad SMARTS) is 2. The molecule has 0 aromatic heterocycles. The van der Waals surface area contributed by atoms with Gasteiger partial charge in [0.2, 0.25) is 23.6 Å². The lowest BCUT2D eigenvalue weighted by Crippen LogP contribution is -2.58. The van der Waals surface area contributed by atoms with Crippen molar-refractivity contribution in [2.24, 2.45) is 17.2 Å². The third-order valence-electron chi connectivity index (χ3n) is 5.52. The van der Waals surface area contributed by atoms with E-state index in [2.05, 4.69) is 16.0 Å². The van der Waals surface area contributed by atoms with Gasteiger partial charge >= 0.3 is 11.9 Å². The molecule has 0 aliphatic carbocycles. The first kappa shape index (κ1) is 32.0. The Balaban J connectivity index is 3.00. The third-order valence-corrected chi connectivity index (χ3v) is 5.52. The monoisotopic (exact) mass is 536 g/mol. The summed E-state index contributed by atoms with van der Waals surface area (Å²) >= 11 is 0. The molecular formula is C24H36N6O8. The molecule has 0 spiro atoms. The van der Waals surface area contributed by atoms with Crippen LogP contribution in [-0.4, -0.2) is 76.5 Å². The summed E-state index contributed by atoms with van der Waals surface area (Å²) in [5.41, 5.74) is 17.1. The summed E-state index contributed by atoms with van der Waals surface area (Å²) in [4.78, 5) is 72.4. The molecule has 11 N–H and O–H groups in total. The lowest BCUT2D eigenvalue weighted by atomic mass is 10.0. The Morgan fingerprint density at radius 1 is 0.789 bits per heavy atom. The number of nitrogens with one attached hydrogen (secondary N) is 3. The van der Waals surface area contributed by atoms with Gasteiger partial charge in [-0.1, -0.05) is 30.3 Å². The Labute approximate surface area is 219 Å². The Bertz CT molecular complexity index is 974. The standard InChI is InChI=1S/C24H36N6O8/c25-11-5-4-8-16(22(35)30-18(24(37)38)12-14-6-2-1-3-7-14)28-23(36)17(13-19(27)31)29-21(34)15(26)9-10-20(32)33/h1-3,6-7,15-18H,4-5,8-13,25-26H2,(H2,27,31)(H,28,36)(H,29,34)(H,30,35)(H,32,33)(H,37,38). The summed E-state index contributed by atoms with van der Waals surface area (Å²) in [6.45, 7) is 0.322. The molecular weight excluding hydrogens is 500 g/mol. The highest BCUT2D eigenvalue weighted by molar-refractivity contribution is 5.96. The van der Waals surface area contributed by atoms with Crippen LogP contribution in [-0.2, 0) is 35.2 Å². The number of amides is 4. The van der Waals surface area contributed by atoms with Crippen LogP contribution in [0.4, 0.5) is 0 Å². The molecule has 1 aromatic rings. The number of unbranched alkanes of at least 4 members (excludes halogenated alkanes) is 1. The number of primary amides is 1. The number of aliphatic carboxylic acids is 2. The van der Waals surface area contributed by atoms with E-state index in [-0.39, 0.29) is 19.3 Å². The van der Waals surface area contributed by atoms with E-state index in [0.29, 0.717) is 24.9 Å². The van der Waals surface area contributed by atoms with Gasteiger partial charge in [-0.05, 0) is 37.8 Å². The molecule has 38 heavy (non-hydrogen) atoms. The van der Waals surface area contributed by atoms with Crippen LogP contribution in [0.2, 0.25) is 0 Å². The lowest BCUT2D eigenvalue weighted by Gasteiger charge is -2.25. The average molecular weight is 537 g/mol. The minimum atomic E-state index is -1.50. The molecule has 0 saturated carbocycles. The highest BCUT2D eigenvalue weighted by Gasteiger charge is 2.31. The molecule has 0 saturated heterocycles. The smallest absolute Gasteiger partial charge is 0.326 e. The fourth-order valence-electron chi connectivity index (χ4n) is 3.46. The zero-order valence-electron chi connectivity index (χ0n) is 20.9. The number of benzene rings is 1. The zero-order valence-corrected chi connectivity index (χ0v) is 20.9. The van der Waals surface area contributed by atoms with Crippen molar-refractivity contribution in [3.05, 3.63) is 35.9 Å². The lowest BCUT2D eigenvalue weighted by molar-refractivity contribution is -0.142. The van der Waals surface area contributed by atoms with Crippen LogP contribution in [0.25, 0.3) is 0 Å². The number of rotatable bonds is 18. The molecule has 0 fully saturated rings. The normalized spacial score (nSPS) is 13.8. The van der Waals surface area contributed by atoms with Crippen LogP contribution < -0.4 is 33.2 Å². The highest BCUT2D eigenvalue weighted by Crippen LogP contribution is 2.07. The summed E-state index contributed by atoms with van der Waals surface area (Å²) in [7, 11) is 0. The summed E-state index contributed by atoms with van der Waals surface area (Å²) in [6, 6.07) is 3.38. The van der Waals surface area contributed by atoms with E-state index in [1.807, 2.05) is 0 Å². The van der Waals surface area contributed by atoms with Gasteiger partial charge in [0.05, 0.1) is 12.5 Å². The van der Waals surface area contributed by atoms with Gasteiger partial charge in [-0.3, -0.25) is 24.0 Å². The largest absolute Gasteiger partial charge is 0.481 e. The topological polar surface area (TPSA) is 257 Å². The number of nitrogens with two attached hydrogens (primary N) is 3. The summed E-state index contributed by atoms with van der Waals surface area (Å²) in [6.07, 6.45) is -0.190.